The van der Waals surface area contributed by atoms with E-state index < -0.39 is 0 Å². The first-order valence-electron chi connectivity index (χ1n) is 13.0. The number of fused-ring (bicyclic) bond motifs is 4. The second kappa shape index (κ2) is 7.34. The molecule has 0 amide bonds. The van der Waals surface area contributed by atoms with Gasteiger partial charge in [0, 0.05) is 0 Å². The largest absolute Gasteiger partial charge is 0.393 e. The van der Waals surface area contributed by atoms with E-state index in [0.717, 1.165) is 37.5 Å². The summed E-state index contributed by atoms with van der Waals surface area (Å²) in [5, 5.41) is 21.6. The summed E-state index contributed by atoms with van der Waals surface area (Å²) in [4.78, 5) is 0. The number of aliphatic hydroxyl groups excluding tert-OH is 2. The van der Waals surface area contributed by atoms with Crippen LogP contribution in [0.5, 0.6) is 0 Å². The van der Waals surface area contributed by atoms with Crippen LogP contribution in [0.15, 0.2) is 11.1 Å². The molecule has 2 nitrogen and oxygen atoms in total. The van der Waals surface area contributed by atoms with E-state index in [1.807, 2.05) is 0 Å². The van der Waals surface area contributed by atoms with Crippen LogP contribution in [-0.4, -0.2) is 22.4 Å². The molecule has 8 atom stereocenters. The van der Waals surface area contributed by atoms with Crippen molar-refractivity contribution in [1.82, 2.24) is 0 Å². The fourth-order valence-electron chi connectivity index (χ4n) is 8.90. The van der Waals surface area contributed by atoms with E-state index in [-0.39, 0.29) is 29.0 Å². The highest BCUT2D eigenvalue weighted by molar-refractivity contribution is 5.40. The average molecular weight is 417 g/mol. The summed E-state index contributed by atoms with van der Waals surface area (Å²) < 4.78 is 0. The van der Waals surface area contributed by atoms with Crippen molar-refractivity contribution in [3.05, 3.63) is 11.1 Å². The second-order valence-corrected chi connectivity index (χ2v) is 13.1. The van der Waals surface area contributed by atoms with E-state index in [9.17, 15) is 10.2 Å². The van der Waals surface area contributed by atoms with Gasteiger partial charge >= 0.3 is 0 Å². The molecule has 0 spiro atoms. The van der Waals surface area contributed by atoms with E-state index in [0.29, 0.717) is 10.8 Å². The Morgan fingerprint density at radius 3 is 2.27 bits per heavy atom. The van der Waals surface area contributed by atoms with E-state index in [1.165, 1.54) is 38.5 Å². The van der Waals surface area contributed by atoms with Crippen molar-refractivity contribution in [3.63, 3.8) is 0 Å². The van der Waals surface area contributed by atoms with Gasteiger partial charge in [0.15, 0.2) is 0 Å². The second-order valence-electron chi connectivity index (χ2n) is 13.1. The first kappa shape index (κ1) is 22.8. The van der Waals surface area contributed by atoms with Crippen molar-refractivity contribution >= 4 is 0 Å². The molecule has 0 bridgehead atoms. The lowest BCUT2D eigenvalue weighted by molar-refractivity contribution is -0.0749. The molecule has 4 aliphatic rings. The predicted octanol–water partition coefficient (Wildman–Crippen LogP) is 6.89. The highest BCUT2D eigenvalue weighted by Gasteiger charge is 2.66. The van der Waals surface area contributed by atoms with Gasteiger partial charge in [-0.15, -0.1) is 0 Å². The van der Waals surface area contributed by atoms with Crippen molar-refractivity contribution < 1.29 is 10.2 Å². The van der Waals surface area contributed by atoms with Gasteiger partial charge in [0.2, 0.25) is 0 Å². The fourth-order valence-corrected chi connectivity index (χ4v) is 8.90. The van der Waals surface area contributed by atoms with Crippen molar-refractivity contribution in [1.29, 1.82) is 0 Å². The Morgan fingerprint density at radius 1 is 0.900 bits per heavy atom. The van der Waals surface area contributed by atoms with E-state index in [2.05, 4.69) is 48.5 Å². The molecular formula is C28H48O2. The predicted molar refractivity (Wildman–Crippen MR) is 125 cm³/mol. The molecule has 0 radical (unpaired) electrons. The van der Waals surface area contributed by atoms with Gasteiger partial charge in [-0.25, -0.2) is 0 Å². The molecule has 0 saturated heterocycles. The summed E-state index contributed by atoms with van der Waals surface area (Å²) in [6.07, 6.45) is 10.9. The lowest BCUT2D eigenvalue weighted by Crippen LogP contribution is -2.55. The summed E-state index contributed by atoms with van der Waals surface area (Å²) in [5.41, 5.74) is 4.33. The molecule has 0 aromatic heterocycles. The summed E-state index contributed by atoms with van der Waals surface area (Å²) in [7, 11) is 0. The Balaban J connectivity index is 1.72. The van der Waals surface area contributed by atoms with Crippen LogP contribution in [0.2, 0.25) is 0 Å². The van der Waals surface area contributed by atoms with Gasteiger partial charge in [0.1, 0.15) is 0 Å². The van der Waals surface area contributed by atoms with E-state index >= 15 is 0 Å². The zero-order valence-electron chi connectivity index (χ0n) is 20.9. The zero-order valence-corrected chi connectivity index (χ0v) is 20.9. The topological polar surface area (TPSA) is 40.5 Å². The first-order valence-corrected chi connectivity index (χ1v) is 13.0. The summed E-state index contributed by atoms with van der Waals surface area (Å²) in [6, 6.07) is 0. The van der Waals surface area contributed by atoms with Gasteiger partial charge in [-0.1, -0.05) is 66.0 Å². The van der Waals surface area contributed by atoms with Gasteiger partial charge in [-0.3, -0.25) is 0 Å². The summed E-state index contributed by atoms with van der Waals surface area (Å²) in [6.45, 7) is 17.4. The molecule has 4 aliphatic carbocycles. The van der Waals surface area contributed by atoms with Crippen LogP contribution in [-0.2, 0) is 0 Å². The van der Waals surface area contributed by atoms with E-state index in [1.54, 1.807) is 11.1 Å². The molecule has 172 valence electrons. The molecule has 2 heteroatoms. The van der Waals surface area contributed by atoms with Crippen LogP contribution in [0, 0.1) is 39.4 Å². The number of hydrogen-bond acceptors (Lipinski definition) is 2. The van der Waals surface area contributed by atoms with Gasteiger partial charge in [0.05, 0.1) is 12.2 Å². The van der Waals surface area contributed by atoms with Crippen LogP contribution < -0.4 is 0 Å². The third kappa shape index (κ3) is 2.95. The normalized spacial score (nSPS) is 49.6. The molecule has 0 aliphatic heterocycles. The van der Waals surface area contributed by atoms with E-state index in [4.69, 9.17) is 0 Å². The zero-order chi connectivity index (χ0) is 22.1. The first-order chi connectivity index (χ1) is 13.9. The molecule has 0 aromatic rings. The monoisotopic (exact) mass is 416 g/mol. The molecule has 0 aromatic carbocycles. The van der Waals surface area contributed by atoms with Gasteiger partial charge in [-0.2, -0.15) is 0 Å². The summed E-state index contributed by atoms with van der Waals surface area (Å²) in [5.74, 6) is 1.77. The number of aliphatic hydroxyl groups is 2. The van der Waals surface area contributed by atoms with Crippen molar-refractivity contribution in [2.24, 2.45) is 39.4 Å². The lowest BCUT2D eigenvalue weighted by atomic mass is 9.43. The van der Waals surface area contributed by atoms with Crippen LogP contribution in [0.25, 0.3) is 0 Å². The SMILES string of the molecule is CC(C)CC[C@@H](C)[C@@]1(C)CC[C@@]2(C)C3=C(CC[C@@]21C)[C@@]1(C)CC[C@H](O)C[C@@H]1[C@@H](O)C3. The standard InChI is InChI=1S/C28H48O2/c1-18(2)8-9-19(3)26(5)14-15-27(6)22-17-24(30)23-16-20(29)10-12-25(23,4)21(22)11-13-28(26,27)7/h18-20,23-24,29-30H,8-17H2,1-7H3/t19-,20+,23-,24+,25-,26-,27+,28-/m1/s1. The average Bonchev–Trinajstić information content (AvgIpc) is 2.90. The van der Waals surface area contributed by atoms with Crippen LogP contribution in [0.1, 0.15) is 113 Å². The maximum absolute atomic E-state index is 11.3. The highest BCUT2D eigenvalue weighted by atomic mass is 16.3. The number of allylic oxidation sites excluding steroid dienone is 1. The van der Waals surface area contributed by atoms with Gasteiger partial charge in [0.25, 0.3) is 0 Å². The highest BCUT2D eigenvalue weighted by Crippen LogP contribution is 2.75. The third-order valence-corrected chi connectivity index (χ3v) is 11.7. The quantitative estimate of drug-likeness (QED) is 0.490. The van der Waals surface area contributed by atoms with Crippen LogP contribution in [0.3, 0.4) is 0 Å². The molecule has 2 N–H and O–H groups in total. The molecule has 30 heavy (non-hydrogen) atoms. The third-order valence-electron chi connectivity index (χ3n) is 11.7. The van der Waals surface area contributed by atoms with Gasteiger partial charge < -0.3 is 10.2 Å². The summed E-state index contributed by atoms with van der Waals surface area (Å²) >= 11 is 0. The number of hydrogen-bond donors (Lipinski definition) is 2. The molecular weight excluding hydrogens is 368 g/mol. The smallest absolute Gasteiger partial charge is 0.0615 e. The molecule has 4 rings (SSSR count). The Morgan fingerprint density at radius 2 is 1.60 bits per heavy atom. The molecule has 2 fully saturated rings. The van der Waals surface area contributed by atoms with Crippen molar-refractivity contribution in [3.8, 4) is 0 Å². The lowest BCUT2D eigenvalue weighted by Gasteiger charge is -2.62. The van der Waals surface area contributed by atoms with Gasteiger partial charge in [-0.05, 0) is 97.2 Å². The molecule has 2 saturated carbocycles. The Kier molecular flexibility index (Phi) is 5.59. The Hall–Kier alpha value is -0.340. The minimum Gasteiger partial charge on any atom is -0.393 e. The minimum atomic E-state index is -0.284. The minimum absolute atomic E-state index is 0.0961. The van der Waals surface area contributed by atoms with Crippen molar-refractivity contribution in [2.75, 3.05) is 0 Å². The van der Waals surface area contributed by atoms with Crippen LogP contribution >= 0.6 is 0 Å². The maximum atomic E-state index is 11.3. The Labute approximate surface area is 185 Å². The Bertz CT molecular complexity index is 709. The molecule has 0 heterocycles. The fraction of sp³-hybridized carbons (Fsp3) is 0.929. The van der Waals surface area contributed by atoms with Crippen LogP contribution in [0.4, 0.5) is 0 Å². The maximum Gasteiger partial charge on any atom is 0.0615 e. The van der Waals surface area contributed by atoms with Crippen molar-refractivity contribution in [2.45, 2.75) is 125 Å². The number of rotatable bonds is 4. The molecule has 0 unspecified atom stereocenters.